The smallest absolute Gasteiger partial charge is 0.416 e. The van der Waals surface area contributed by atoms with Crippen molar-refractivity contribution in [1.82, 2.24) is 4.31 Å². The van der Waals surface area contributed by atoms with Crippen LogP contribution in [0.2, 0.25) is 5.02 Å². The third kappa shape index (κ3) is 6.18. The van der Waals surface area contributed by atoms with Gasteiger partial charge in [0.05, 0.1) is 29.1 Å². The number of carbonyl (C=O) groups is 1. The highest BCUT2D eigenvalue weighted by Gasteiger charge is 2.34. The molecule has 1 aliphatic rings. The first-order valence-electron chi connectivity index (χ1n) is 10.3. The lowest BCUT2D eigenvalue weighted by Crippen LogP contribution is -2.45. The third-order valence-corrected chi connectivity index (χ3v) is 7.70. The molecule has 0 aliphatic heterocycles. The highest BCUT2D eigenvalue weighted by molar-refractivity contribution is 7.89. The molecule has 1 aliphatic carbocycles. The standard InChI is InChI=1S/C22H24ClF3N2O4S/c1-32-20-12-11-18(13-19(20)23)33(30,31)28(17-5-3-2-4-6-17)14-21(29)27-16-9-7-15(8-10-16)22(24,25)26/h7-13,17H,2-6,14H2,1H3,(H,27,29). The first kappa shape index (κ1) is 25.3. The van der Waals surface area contributed by atoms with E-state index in [1.54, 1.807) is 0 Å². The van der Waals surface area contributed by atoms with Crippen molar-refractivity contribution in [3.8, 4) is 5.75 Å². The zero-order chi connectivity index (χ0) is 24.2. The van der Waals surface area contributed by atoms with Crippen LogP contribution in [-0.4, -0.2) is 38.3 Å². The minimum atomic E-state index is -4.49. The zero-order valence-corrected chi connectivity index (χ0v) is 19.4. The van der Waals surface area contributed by atoms with Crippen molar-refractivity contribution < 1.29 is 31.1 Å². The van der Waals surface area contributed by atoms with Crippen molar-refractivity contribution in [3.63, 3.8) is 0 Å². The number of methoxy groups -OCH3 is 1. The van der Waals surface area contributed by atoms with E-state index in [4.69, 9.17) is 16.3 Å². The molecule has 3 rings (SSSR count). The van der Waals surface area contributed by atoms with Crippen LogP contribution in [0.15, 0.2) is 47.4 Å². The van der Waals surface area contributed by atoms with Crippen molar-refractivity contribution in [2.45, 2.75) is 49.2 Å². The fourth-order valence-corrected chi connectivity index (χ4v) is 5.80. The number of hydrogen-bond donors (Lipinski definition) is 1. The topological polar surface area (TPSA) is 75.7 Å². The normalized spacial score (nSPS) is 15.5. The number of nitrogens with one attached hydrogen (secondary N) is 1. The van der Waals surface area contributed by atoms with Crippen LogP contribution in [0.5, 0.6) is 5.75 Å². The predicted octanol–water partition coefficient (Wildman–Crippen LogP) is 5.33. The summed E-state index contributed by atoms with van der Waals surface area (Å²) in [5.74, 6) is -0.330. The monoisotopic (exact) mass is 504 g/mol. The van der Waals surface area contributed by atoms with Gasteiger partial charge in [-0.1, -0.05) is 30.9 Å². The number of halogens is 4. The van der Waals surface area contributed by atoms with Gasteiger partial charge in [-0.05, 0) is 55.3 Å². The van der Waals surface area contributed by atoms with Crippen molar-refractivity contribution in [1.29, 1.82) is 0 Å². The van der Waals surface area contributed by atoms with E-state index < -0.39 is 34.2 Å². The molecule has 0 spiro atoms. The fraction of sp³-hybridized carbons (Fsp3) is 0.409. The molecule has 0 radical (unpaired) electrons. The molecule has 2 aromatic carbocycles. The highest BCUT2D eigenvalue weighted by Crippen LogP contribution is 2.32. The van der Waals surface area contributed by atoms with Gasteiger partial charge in [0.2, 0.25) is 15.9 Å². The molecule has 2 aromatic rings. The van der Waals surface area contributed by atoms with E-state index in [1.165, 1.54) is 25.3 Å². The van der Waals surface area contributed by atoms with Crippen LogP contribution in [0, 0.1) is 0 Å². The van der Waals surface area contributed by atoms with Gasteiger partial charge in [0.25, 0.3) is 0 Å². The Morgan fingerprint density at radius 3 is 2.30 bits per heavy atom. The van der Waals surface area contributed by atoms with Gasteiger partial charge >= 0.3 is 6.18 Å². The lowest BCUT2D eigenvalue weighted by molar-refractivity contribution is -0.137. The largest absolute Gasteiger partial charge is 0.495 e. The maximum atomic E-state index is 13.4. The molecule has 1 saturated carbocycles. The average Bonchev–Trinajstić information content (AvgIpc) is 2.77. The van der Waals surface area contributed by atoms with E-state index in [0.29, 0.717) is 18.6 Å². The molecule has 1 amide bonds. The predicted molar refractivity (Wildman–Crippen MR) is 119 cm³/mol. The van der Waals surface area contributed by atoms with Crippen LogP contribution in [0.3, 0.4) is 0 Å². The number of hydrogen-bond acceptors (Lipinski definition) is 4. The first-order chi connectivity index (χ1) is 15.5. The van der Waals surface area contributed by atoms with E-state index >= 15 is 0 Å². The fourth-order valence-electron chi connectivity index (χ4n) is 3.81. The van der Waals surface area contributed by atoms with Crippen molar-refractivity contribution >= 4 is 33.2 Å². The van der Waals surface area contributed by atoms with Crippen LogP contribution in [0.4, 0.5) is 18.9 Å². The second kappa shape index (κ2) is 10.3. The summed E-state index contributed by atoms with van der Waals surface area (Å²) in [4.78, 5) is 12.6. The summed E-state index contributed by atoms with van der Waals surface area (Å²) in [7, 11) is -2.67. The van der Waals surface area contributed by atoms with Crippen molar-refractivity contribution in [3.05, 3.63) is 53.1 Å². The second-order valence-electron chi connectivity index (χ2n) is 7.76. The number of nitrogens with zero attached hydrogens (tertiary/aromatic N) is 1. The number of benzene rings is 2. The summed E-state index contributed by atoms with van der Waals surface area (Å²) in [5, 5.41) is 2.61. The Labute approximate surface area is 195 Å². The highest BCUT2D eigenvalue weighted by atomic mass is 35.5. The molecule has 33 heavy (non-hydrogen) atoms. The Bertz CT molecular complexity index is 1090. The Kier molecular flexibility index (Phi) is 7.92. The molecule has 0 bridgehead atoms. The van der Waals surface area contributed by atoms with Gasteiger partial charge in [-0.2, -0.15) is 17.5 Å². The van der Waals surface area contributed by atoms with Gasteiger partial charge < -0.3 is 10.1 Å². The van der Waals surface area contributed by atoms with Gasteiger partial charge in [0, 0.05) is 11.7 Å². The van der Waals surface area contributed by atoms with Crippen LogP contribution in [0.1, 0.15) is 37.7 Å². The lowest BCUT2D eigenvalue weighted by Gasteiger charge is -2.33. The molecule has 0 unspecified atom stereocenters. The van der Waals surface area contributed by atoms with Gasteiger partial charge in [0.1, 0.15) is 5.75 Å². The van der Waals surface area contributed by atoms with Gasteiger partial charge in [-0.25, -0.2) is 8.42 Å². The third-order valence-electron chi connectivity index (χ3n) is 5.51. The van der Waals surface area contributed by atoms with Gasteiger partial charge in [-0.3, -0.25) is 4.79 Å². The summed E-state index contributed by atoms with van der Waals surface area (Å²) in [6.07, 6.45) is -0.626. The van der Waals surface area contributed by atoms with Crippen LogP contribution < -0.4 is 10.1 Å². The molecule has 0 heterocycles. The molecule has 0 aromatic heterocycles. The summed E-state index contributed by atoms with van der Waals surface area (Å²) in [6.45, 7) is -0.475. The average molecular weight is 505 g/mol. The molecular formula is C22H24ClF3N2O4S. The first-order valence-corrected chi connectivity index (χ1v) is 12.2. The Morgan fingerprint density at radius 2 is 1.76 bits per heavy atom. The summed E-state index contributed by atoms with van der Waals surface area (Å²) in [6, 6.07) is 7.67. The molecule has 0 saturated heterocycles. The van der Waals surface area contributed by atoms with E-state index in [1.807, 2.05) is 0 Å². The van der Waals surface area contributed by atoms with Crippen molar-refractivity contribution in [2.24, 2.45) is 0 Å². The molecule has 0 atom stereocenters. The van der Waals surface area contributed by atoms with E-state index in [2.05, 4.69) is 5.32 Å². The summed E-state index contributed by atoms with van der Waals surface area (Å²) in [5.41, 5.74) is -0.704. The minimum absolute atomic E-state index is 0.0683. The minimum Gasteiger partial charge on any atom is -0.495 e. The Hall–Kier alpha value is -2.30. The summed E-state index contributed by atoms with van der Waals surface area (Å²) >= 11 is 6.12. The van der Waals surface area contributed by atoms with Gasteiger partial charge in [-0.15, -0.1) is 0 Å². The van der Waals surface area contributed by atoms with E-state index in [9.17, 15) is 26.4 Å². The van der Waals surface area contributed by atoms with Crippen molar-refractivity contribution in [2.75, 3.05) is 19.0 Å². The van der Waals surface area contributed by atoms with E-state index in [0.717, 1.165) is 47.8 Å². The quantitative estimate of drug-likeness (QED) is 0.553. The molecule has 1 fully saturated rings. The number of anilines is 1. The number of sulfonamides is 1. The number of rotatable bonds is 7. The Balaban J connectivity index is 1.83. The number of ether oxygens (including phenoxy) is 1. The SMILES string of the molecule is COc1ccc(S(=O)(=O)N(CC(=O)Nc2ccc(C(F)(F)F)cc2)C2CCCCC2)cc1Cl. The molecule has 180 valence electrons. The lowest BCUT2D eigenvalue weighted by atomic mass is 9.95. The number of alkyl halides is 3. The van der Waals surface area contributed by atoms with Gasteiger partial charge in [0.15, 0.2) is 0 Å². The van der Waals surface area contributed by atoms with E-state index in [-0.39, 0.29) is 21.6 Å². The van der Waals surface area contributed by atoms with Crippen LogP contribution in [0.25, 0.3) is 0 Å². The molecule has 1 N–H and O–H groups in total. The molecule has 6 nitrogen and oxygen atoms in total. The maximum Gasteiger partial charge on any atom is 0.416 e. The Morgan fingerprint density at radius 1 is 1.12 bits per heavy atom. The zero-order valence-electron chi connectivity index (χ0n) is 17.9. The number of carbonyl (C=O) groups excluding carboxylic acids is 1. The van der Waals surface area contributed by atoms with Crippen LogP contribution in [-0.2, 0) is 21.0 Å². The van der Waals surface area contributed by atoms with Crippen LogP contribution >= 0.6 is 11.6 Å². The second-order valence-corrected chi connectivity index (χ2v) is 10.1. The maximum absolute atomic E-state index is 13.4. The number of amides is 1. The molecular weight excluding hydrogens is 481 g/mol. The summed E-state index contributed by atoms with van der Waals surface area (Å²) < 4.78 is 71.4. The molecule has 11 heteroatoms.